The molecule has 0 aromatic carbocycles. The second-order valence-electron chi connectivity index (χ2n) is 6.63. The zero-order valence-electron chi connectivity index (χ0n) is 14.7. The van der Waals surface area contributed by atoms with Gasteiger partial charge in [-0.1, -0.05) is 0 Å². The van der Waals surface area contributed by atoms with E-state index in [0.29, 0.717) is 42.7 Å². The van der Waals surface area contributed by atoms with Crippen LogP contribution in [0.25, 0.3) is 17.1 Å². The molecule has 0 unspecified atom stereocenters. The maximum atomic E-state index is 13.2. The number of carbonyl (C=O) groups is 2. The number of piperidine rings is 1. The minimum absolute atomic E-state index is 0.0132. The Morgan fingerprint density at radius 3 is 2.70 bits per heavy atom. The van der Waals surface area contributed by atoms with E-state index in [2.05, 4.69) is 9.97 Å². The van der Waals surface area contributed by atoms with E-state index >= 15 is 0 Å². The normalized spacial score (nSPS) is 15.4. The Morgan fingerprint density at radius 1 is 1.30 bits per heavy atom. The fourth-order valence-corrected chi connectivity index (χ4v) is 3.39. The molecular formula is C18H20N6O3. The molecule has 2 amide bonds. The molecule has 9 heteroatoms. The van der Waals surface area contributed by atoms with E-state index in [1.165, 1.54) is 17.0 Å². The number of carbonyl (C=O) groups excluding carboxylic acids is 2. The van der Waals surface area contributed by atoms with Gasteiger partial charge in [-0.3, -0.25) is 14.0 Å². The molecule has 0 radical (unpaired) electrons. The molecule has 0 spiro atoms. The zero-order valence-corrected chi connectivity index (χ0v) is 14.7. The predicted octanol–water partition coefficient (Wildman–Crippen LogP) is 0.899. The average molecular weight is 368 g/mol. The summed E-state index contributed by atoms with van der Waals surface area (Å²) in [6.45, 7) is 1.91. The van der Waals surface area contributed by atoms with E-state index in [1.54, 1.807) is 23.1 Å². The molecule has 4 rings (SSSR count). The highest BCUT2D eigenvalue weighted by Crippen LogP contribution is 2.24. The average Bonchev–Trinajstić information content (AvgIpc) is 3.36. The Labute approximate surface area is 155 Å². The Kier molecular flexibility index (Phi) is 4.36. The van der Waals surface area contributed by atoms with Crippen LogP contribution in [0.1, 0.15) is 33.8 Å². The predicted molar refractivity (Wildman–Crippen MR) is 96.9 cm³/mol. The van der Waals surface area contributed by atoms with Crippen LogP contribution < -0.4 is 11.5 Å². The fourth-order valence-electron chi connectivity index (χ4n) is 3.39. The van der Waals surface area contributed by atoms with Crippen molar-refractivity contribution in [1.29, 1.82) is 0 Å². The molecule has 27 heavy (non-hydrogen) atoms. The van der Waals surface area contributed by atoms with Crippen molar-refractivity contribution < 1.29 is 14.0 Å². The SMILES string of the molecule is NCC1CCN(C(=O)c2cc(-c3ccco3)nc3c(C(N)=O)ncn23)CC1. The molecule has 4 heterocycles. The molecule has 0 saturated carbocycles. The molecule has 1 aliphatic rings. The van der Waals surface area contributed by atoms with Gasteiger partial charge in [-0.15, -0.1) is 0 Å². The van der Waals surface area contributed by atoms with Gasteiger partial charge in [0.05, 0.1) is 6.26 Å². The number of nitrogens with zero attached hydrogens (tertiary/aromatic N) is 4. The van der Waals surface area contributed by atoms with Gasteiger partial charge in [0.1, 0.15) is 17.7 Å². The number of hydrogen-bond acceptors (Lipinski definition) is 6. The summed E-state index contributed by atoms with van der Waals surface area (Å²) in [5.74, 6) is 0.0766. The lowest BCUT2D eigenvalue weighted by Crippen LogP contribution is -2.40. The summed E-state index contributed by atoms with van der Waals surface area (Å²) in [5, 5.41) is 0. The largest absolute Gasteiger partial charge is 0.463 e. The lowest BCUT2D eigenvalue weighted by Gasteiger charge is -2.31. The van der Waals surface area contributed by atoms with Crippen LogP contribution in [0.4, 0.5) is 0 Å². The third-order valence-corrected chi connectivity index (χ3v) is 4.96. The fraction of sp³-hybridized carbons (Fsp3) is 0.333. The maximum Gasteiger partial charge on any atom is 0.271 e. The summed E-state index contributed by atoms with van der Waals surface area (Å²) in [6.07, 6.45) is 4.66. The van der Waals surface area contributed by atoms with Crippen LogP contribution in [-0.2, 0) is 0 Å². The summed E-state index contributed by atoms with van der Waals surface area (Å²) >= 11 is 0. The standard InChI is InChI=1S/C18H20N6O3/c19-9-11-3-5-23(6-4-11)18(26)13-8-12(14-2-1-7-27-14)22-17-15(16(20)25)21-10-24(13)17/h1-2,7-8,10-11H,3-6,9,19H2,(H2,20,25). The number of rotatable bonds is 4. The lowest BCUT2D eigenvalue weighted by atomic mass is 9.97. The van der Waals surface area contributed by atoms with Crippen LogP contribution in [-0.4, -0.2) is 50.7 Å². The first-order chi connectivity index (χ1) is 13.1. The van der Waals surface area contributed by atoms with Crippen molar-refractivity contribution in [3.63, 3.8) is 0 Å². The van der Waals surface area contributed by atoms with E-state index < -0.39 is 5.91 Å². The van der Waals surface area contributed by atoms with Crippen molar-refractivity contribution in [2.75, 3.05) is 19.6 Å². The Bertz CT molecular complexity index is 986. The van der Waals surface area contributed by atoms with Crippen molar-refractivity contribution in [3.05, 3.63) is 42.2 Å². The number of aromatic nitrogens is 3. The molecule has 0 aliphatic carbocycles. The van der Waals surface area contributed by atoms with Gasteiger partial charge in [-0.2, -0.15) is 0 Å². The van der Waals surface area contributed by atoms with Gasteiger partial charge in [0.2, 0.25) is 0 Å². The van der Waals surface area contributed by atoms with E-state index in [1.807, 2.05) is 0 Å². The van der Waals surface area contributed by atoms with Gasteiger partial charge < -0.3 is 20.8 Å². The highest BCUT2D eigenvalue weighted by Gasteiger charge is 2.26. The number of likely N-dealkylation sites (tertiary alicyclic amines) is 1. The molecule has 1 saturated heterocycles. The van der Waals surface area contributed by atoms with Crippen molar-refractivity contribution >= 4 is 17.5 Å². The van der Waals surface area contributed by atoms with Gasteiger partial charge in [0.15, 0.2) is 17.1 Å². The minimum Gasteiger partial charge on any atom is -0.463 e. The van der Waals surface area contributed by atoms with Gasteiger partial charge in [0, 0.05) is 13.1 Å². The molecule has 1 fully saturated rings. The first-order valence-corrected chi connectivity index (χ1v) is 8.79. The summed E-state index contributed by atoms with van der Waals surface area (Å²) in [6, 6.07) is 5.11. The molecule has 3 aromatic heterocycles. The summed E-state index contributed by atoms with van der Waals surface area (Å²) in [7, 11) is 0. The summed E-state index contributed by atoms with van der Waals surface area (Å²) < 4.78 is 6.91. The maximum absolute atomic E-state index is 13.2. The van der Waals surface area contributed by atoms with Crippen LogP contribution in [0.15, 0.2) is 35.2 Å². The van der Waals surface area contributed by atoms with Gasteiger partial charge >= 0.3 is 0 Å². The summed E-state index contributed by atoms with van der Waals surface area (Å²) in [4.78, 5) is 35.1. The van der Waals surface area contributed by atoms with Crippen LogP contribution >= 0.6 is 0 Å². The topological polar surface area (TPSA) is 133 Å². The minimum atomic E-state index is -0.705. The number of nitrogens with two attached hydrogens (primary N) is 2. The van der Waals surface area contributed by atoms with E-state index in [9.17, 15) is 9.59 Å². The first-order valence-electron chi connectivity index (χ1n) is 8.79. The third kappa shape index (κ3) is 3.06. The van der Waals surface area contributed by atoms with Crippen molar-refractivity contribution in [1.82, 2.24) is 19.3 Å². The number of amides is 2. The molecule has 140 valence electrons. The smallest absolute Gasteiger partial charge is 0.271 e. The van der Waals surface area contributed by atoms with Gasteiger partial charge in [-0.05, 0) is 43.5 Å². The third-order valence-electron chi connectivity index (χ3n) is 4.96. The lowest BCUT2D eigenvalue weighted by molar-refractivity contribution is 0.0685. The molecule has 9 nitrogen and oxygen atoms in total. The van der Waals surface area contributed by atoms with Crippen LogP contribution in [0.5, 0.6) is 0 Å². The molecule has 0 atom stereocenters. The Balaban J connectivity index is 1.79. The molecule has 1 aliphatic heterocycles. The van der Waals surface area contributed by atoms with Crippen molar-refractivity contribution in [2.24, 2.45) is 17.4 Å². The number of furan rings is 1. The number of hydrogen-bond donors (Lipinski definition) is 2. The van der Waals surface area contributed by atoms with Crippen LogP contribution in [0.2, 0.25) is 0 Å². The second kappa shape index (κ2) is 6.84. The van der Waals surface area contributed by atoms with Crippen LogP contribution in [0, 0.1) is 5.92 Å². The van der Waals surface area contributed by atoms with Crippen molar-refractivity contribution in [3.8, 4) is 11.5 Å². The quantitative estimate of drug-likeness (QED) is 0.703. The van der Waals surface area contributed by atoms with Gasteiger partial charge in [-0.25, -0.2) is 9.97 Å². The molecular weight excluding hydrogens is 348 g/mol. The zero-order chi connectivity index (χ0) is 19.0. The van der Waals surface area contributed by atoms with E-state index in [0.717, 1.165) is 12.8 Å². The Morgan fingerprint density at radius 2 is 2.07 bits per heavy atom. The van der Waals surface area contributed by atoms with Crippen molar-refractivity contribution in [2.45, 2.75) is 12.8 Å². The second-order valence-corrected chi connectivity index (χ2v) is 6.63. The van der Waals surface area contributed by atoms with E-state index in [-0.39, 0.29) is 17.2 Å². The summed E-state index contributed by atoms with van der Waals surface area (Å²) in [5.41, 5.74) is 12.2. The monoisotopic (exact) mass is 368 g/mol. The molecule has 0 bridgehead atoms. The van der Waals surface area contributed by atoms with Crippen LogP contribution in [0.3, 0.4) is 0 Å². The highest BCUT2D eigenvalue weighted by atomic mass is 16.3. The number of fused-ring (bicyclic) bond motifs is 1. The number of imidazole rings is 1. The molecule has 4 N–H and O–H groups in total. The number of primary amides is 1. The molecule has 3 aromatic rings. The highest BCUT2D eigenvalue weighted by molar-refractivity contribution is 5.99. The van der Waals surface area contributed by atoms with Gasteiger partial charge in [0.25, 0.3) is 11.8 Å². The first kappa shape index (κ1) is 17.2. The van der Waals surface area contributed by atoms with E-state index in [4.69, 9.17) is 15.9 Å². The Hall–Kier alpha value is -3.20.